The van der Waals surface area contributed by atoms with Crippen LogP contribution in [0.15, 0.2) is 23.1 Å². The molecule has 0 bridgehead atoms. The van der Waals surface area contributed by atoms with Gasteiger partial charge < -0.3 is 0 Å². The van der Waals surface area contributed by atoms with Crippen LogP contribution >= 0.6 is 0 Å². The van der Waals surface area contributed by atoms with Crippen molar-refractivity contribution in [1.29, 1.82) is 5.26 Å². The van der Waals surface area contributed by atoms with Crippen molar-refractivity contribution in [1.82, 2.24) is 0 Å². The van der Waals surface area contributed by atoms with Crippen molar-refractivity contribution >= 4 is 10.0 Å². The van der Waals surface area contributed by atoms with E-state index in [2.05, 4.69) is 0 Å². The van der Waals surface area contributed by atoms with Crippen LogP contribution in [0.1, 0.15) is 17.5 Å². The minimum absolute atomic E-state index is 0.114. The molecular formula is C10H12N2O2S. The molecular weight excluding hydrogens is 212 g/mol. The van der Waals surface area contributed by atoms with Gasteiger partial charge in [-0.1, -0.05) is 17.7 Å². The highest BCUT2D eigenvalue weighted by Crippen LogP contribution is 2.17. The molecule has 1 rings (SSSR count). The number of rotatable bonds is 3. The summed E-state index contributed by atoms with van der Waals surface area (Å²) in [6.07, 6.45) is 0.690. The number of benzene rings is 1. The largest absolute Gasteiger partial charge is 0.238 e. The van der Waals surface area contributed by atoms with Gasteiger partial charge in [0.2, 0.25) is 10.0 Å². The van der Waals surface area contributed by atoms with Crippen LogP contribution in [-0.2, 0) is 16.4 Å². The first-order valence-corrected chi connectivity index (χ1v) is 5.99. The van der Waals surface area contributed by atoms with E-state index in [9.17, 15) is 8.42 Å². The number of aryl methyl sites for hydroxylation is 2. The van der Waals surface area contributed by atoms with Crippen molar-refractivity contribution in [2.45, 2.75) is 24.7 Å². The summed E-state index contributed by atoms with van der Waals surface area (Å²) in [4.78, 5) is 0.114. The molecule has 80 valence electrons. The molecule has 0 radical (unpaired) electrons. The molecule has 0 saturated heterocycles. The van der Waals surface area contributed by atoms with Crippen LogP contribution in [0, 0.1) is 18.3 Å². The van der Waals surface area contributed by atoms with Crippen molar-refractivity contribution < 1.29 is 8.42 Å². The summed E-state index contributed by atoms with van der Waals surface area (Å²) in [5.74, 6) is 0. The topological polar surface area (TPSA) is 84.0 Å². The van der Waals surface area contributed by atoms with Crippen molar-refractivity contribution in [3.8, 4) is 6.07 Å². The molecule has 0 fully saturated rings. The maximum Gasteiger partial charge on any atom is 0.238 e. The molecule has 0 spiro atoms. The Kier molecular flexibility index (Phi) is 3.45. The van der Waals surface area contributed by atoms with Gasteiger partial charge in [0.15, 0.2) is 0 Å². The quantitative estimate of drug-likeness (QED) is 0.834. The molecule has 15 heavy (non-hydrogen) atoms. The summed E-state index contributed by atoms with van der Waals surface area (Å²) < 4.78 is 22.4. The van der Waals surface area contributed by atoms with Crippen LogP contribution in [0.25, 0.3) is 0 Å². The predicted octanol–water partition coefficient (Wildman–Crippen LogP) is 1.10. The smallest absolute Gasteiger partial charge is 0.225 e. The van der Waals surface area contributed by atoms with Gasteiger partial charge in [0, 0.05) is 6.42 Å². The molecule has 4 nitrogen and oxygen atoms in total. The first kappa shape index (κ1) is 11.7. The summed E-state index contributed by atoms with van der Waals surface area (Å²) in [5, 5.41) is 13.5. The molecule has 0 unspecified atom stereocenters. The number of sulfonamides is 1. The number of primary sulfonamides is 1. The van der Waals surface area contributed by atoms with E-state index in [1.54, 1.807) is 12.1 Å². The Hall–Kier alpha value is -1.38. The van der Waals surface area contributed by atoms with E-state index >= 15 is 0 Å². The van der Waals surface area contributed by atoms with Crippen LogP contribution in [0.5, 0.6) is 0 Å². The molecule has 1 aromatic rings. The Morgan fingerprint density at radius 2 is 2.13 bits per heavy atom. The molecule has 0 aliphatic rings. The average molecular weight is 224 g/mol. The summed E-state index contributed by atoms with van der Waals surface area (Å²) in [5.41, 5.74) is 1.56. The zero-order chi connectivity index (χ0) is 11.5. The fourth-order valence-electron chi connectivity index (χ4n) is 1.37. The van der Waals surface area contributed by atoms with Gasteiger partial charge in [-0.25, -0.2) is 13.6 Å². The van der Waals surface area contributed by atoms with Crippen LogP contribution in [0.4, 0.5) is 0 Å². The van der Waals surface area contributed by atoms with Crippen molar-refractivity contribution in [3.63, 3.8) is 0 Å². The third-order valence-corrected chi connectivity index (χ3v) is 3.04. The van der Waals surface area contributed by atoms with Gasteiger partial charge in [0.05, 0.1) is 11.0 Å². The highest BCUT2D eigenvalue weighted by Gasteiger charge is 2.13. The maximum absolute atomic E-state index is 11.2. The Balaban J connectivity index is 3.22. The summed E-state index contributed by atoms with van der Waals surface area (Å²) in [6, 6.07) is 6.90. The normalized spacial score (nSPS) is 11.0. The van der Waals surface area contributed by atoms with E-state index in [0.29, 0.717) is 12.0 Å². The third-order valence-electron chi connectivity index (χ3n) is 2.03. The number of hydrogen-bond acceptors (Lipinski definition) is 3. The minimum atomic E-state index is -3.69. The van der Waals surface area contributed by atoms with Crippen molar-refractivity contribution in [2.75, 3.05) is 0 Å². The summed E-state index contributed by atoms with van der Waals surface area (Å²) in [6.45, 7) is 1.86. The molecule has 5 heteroatoms. The monoisotopic (exact) mass is 224 g/mol. The first-order valence-electron chi connectivity index (χ1n) is 4.44. The van der Waals surface area contributed by atoms with E-state index in [-0.39, 0.29) is 11.3 Å². The standard InChI is InChI=1S/C10H12N2O2S/c1-8-4-5-10(15(12,13)14)9(7-8)3-2-6-11/h4-5,7H,2-3H2,1H3,(H2,12,13,14). The van der Waals surface area contributed by atoms with E-state index in [1.807, 2.05) is 13.0 Å². The van der Waals surface area contributed by atoms with E-state index in [0.717, 1.165) is 5.56 Å². The lowest BCUT2D eigenvalue weighted by atomic mass is 10.1. The summed E-state index contributed by atoms with van der Waals surface area (Å²) in [7, 11) is -3.69. The van der Waals surface area contributed by atoms with Gasteiger partial charge in [-0.2, -0.15) is 5.26 Å². The predicted molar refractivity (Wildman–Crippen MR) is 56.5 cm³/mol. The molecule has 0 amide bonds. The van der Waals surface area contributed by atoms with E-state index in [1.165, 1.54) is 6.07 Å². The Labute approximate surface area is 89.4 Å². The fraction of sp³-hybridized carbons (Fsp3) is 0.300. The highest BCUT2D eigenvalue weighted by molar-refractivity contribution is 7.89. The number of hydrogen-bond donors (Lipinski definition) is 1. The Bertz CT molecular complexity index is 501. The SMILES string of the molecule is Cc1ccc(S(N)(=O)=O)c(CCC#N)c1. The average Bonchev–Trinajstić information content (AvgIpc) is 2.12. The van der Waals surface area contributed by atoms with Crippen molar-refractivity contribution in [2.24, 2.45) is 5.14 Å². The zero-order valence-electron chi connectivity index (χ0n) is 8.40. The fourth-order valence-corrected chi connectivity index (χ4v) is 2.16. The highest BCUT2D eigenvalue weighted by atomic mass is 32.2. The lowest BCUT2D eigenvalue weighted by molar-refractivity contribution is 0.596. The van der Waals surface area contributed by atoms with Gasteiger partial charge in [0.1, 0.15) is 0 Å². The number of nitrogens with two attached hydrogens (primary N) is 1. The second kappa shape index (κ2) is 4.43. The van der Waals surface area contributed by atoms with Gasteiger partial charge >= 0.3 is 0 Å². The van der Waals surface area contributed by atoms with Gasteiger partial charge in [-0.3, -0.25) is 0 Å². The lowest BCUT2D eigenvalue weighted by Crippen LogP contribution is -2.14. The van der Waals surface area contributed by atoms with Gasteiger partial charge in [0.25, 0.3) is 0 Å². The Morgan fingerprint density at radius 3 is 2.67 bits per heavy atom. The van der Waals surface area contributed by atoms with Gasteiger partial charge in [-0.15, -0.1) is 0 Å². The number of nitrogens with zero attached hydrogens (tertiary/aromatic N) is 1. The molecule has 0 saturated carbocycles. The maximum atomic E-state index is 11.2. The molecule has 0 aliphatic carbocycles. The van der Waals surface area contributed by atoms with E-state index < -0.39 is 10.0 Å². The van der Waals surface area contributed by atoms with Gasteiger partial charge in [-0.05, 0) is 25.0 Å². The molecule has 1 aromatic carbocycles. The second-order valence-electron chi connectivity index (χ2n) is 3.31. The Morgan fingerprint density at radius 1 is 1.47 bits per heavy atom. The van der Waals surface area contributed by atoms with E-state index in [4.69, 9.17) is 10.4 Å². The molecule has 0 heterocycles. The van der Waals surface area contributed by atoms with Crippen molar-refractivity contribution in [3.05, 3.63) is 29.3 Å². The first-order chi connectivity index (χ1) is 6.95. The minimum Gasteiger partial charge on any atom is -0.225 e. The van der Waals surface area contributed by atoms with Crippen LogP contribution in [0.2, 0.25) is 0 Å². The second-order valence-corrected chi connectivity index (χ2v) is 4.84. The van der Waals surface area contributed by atoms with Crippen LogP contribution in [-0.4, -0.2) is 8.42 Å². The zero-order valence-corrected chi connectivity index (χ0v) is 9.21. The molecule has 0 aliphatic heterocycles. The van der Waals surface area contributed by atoms with Crippen LogP contribution in [0.3, 0.4) is 0 Å². The summed E-state index contributed by atoms with van der Waals surface area (Å²) >= 11 is 0. The van der Waals surface area contributed by atoms with Crippen LogP contribution < -0.4 is 5.14 Å². The third kappa shape index (κ3) is 3.05. The number of nitriles is 1. The molecule has 2 N–H and O–H groups in total. The lowest BCUT2D eigenvalue weighted by Gasteiger charge is -2.06. The molecule has 0 aromatic heterocycles. The molecule has 0 atom stereocenters.